The van der Waals surface area contributed by atoms with Crippen molar-refractivity contribution in [3.8, 4) is 11.5 Å². The van der Waals surface area contributed by atoms with Gasteiger partial charge in [-0.15, -0.1) is 0 Å². The van der Waals surface area contributed by atoms with Gasteiger partial charge in [-0.05, 0) is 0 Å². The van der Waals surface area contributed by atoms with Crippen LogP contribution in [0.3, 0.4) is 0 Å². The van der Waals surface area contributed by atoms with E-state index in [4.69, 9.17) is 15.4 Å². The van der Waals surface area contributed by atoms with Gasteiger partial charge in [-0.1, -0.05) is 0 Å². The van der Waals surface area contributed by atoms with Gasteiger partial charge in [-0.25, -0.2) is 4.57 Å². The second-order valence-corrected chi connectivity index (χ2v) is 7.68. The zero-order chi connectivity index (χ0) is 15.9. The monoisotopic (exact) mass is 383 g/mol. The second-order valence-electron chi connectivity index (χ2n) is 4.16. The van der Waals surface area contributed by atoms with E-state index in [2.05, 4.69) is 40.9 Å². The molecular formula is C14H15AsNO5P. The third-order valence-electron chi connectivity index (χ3n) is 2.63. The van der Waals surface area contributed by atoms with E-state index >= 15 is 0 Å². The van der Waals surface area contributed by atoms with Crippen molar-refractivity contribution >= 4 is 38.7 Å². The summed E-state index contributed by atoms with van der Waals surface area (Å²) in [5, 5.41) is 0. The molecule has 3 rings (SSSR count). The Balaban J connectivity index is 0.000000192. The molecule has 1 aliphatic heterocycles. The first kappa shape index (κ1) is 16.8. The Hall–Kier alpha value is -1.58. The molecule has 1 atom stereocenters. The molecule has 0 saturated carbocycles. The van der Waals surface area contributed by atoms with Crippen LogP contribution in [0.2, 0.25) is 0 Å². The average molecular weight is 383 g/mol. The van der Waals surface area contributed by atoms with E-state index in [0.29, 0.717) is 0 Å². The van der Waals surface area contributed by atoms with Crippen LogP contribution in [0.1, 0.15) is 0 Å². The fourth-order valence-corrected chi connectivity index (χ4v) is 4.44. The topological polar surface area (TPSA) is 98.9 Å². The number of carbonyl (C=O) groups excluding carboxylic acids is 1. The molecule has 0 amide bonds. The summed E-state index contributed by atoms with van der Waals surface area (Å²) in [6.45, 7) is -0.364. The molecular weight excluding hydrogens is 368 g/mol. The van der Waals surface area contributed by atoms with Gasteiger partial charge in [0.25, 0.3) is 0 Å². The van der Waals surface area contributed by atoms with Gasteiger partial charge in [0.15, 0.2) is 0 Å². The maximum atomic E-state index is 9.94. The molecule has 1 aliphatic rings. The van der Waals surface area contributed by atoms with Gasteiger partial charge < -0.3 is 15.2 Å². The van der Waals surface area contributed by atoms with E-state index in [9.17, 15) is 9.36 Å². The average Bonchev–Trinajstić information content (AvgIpc) is 2.52. The number of ether oxygens (including phenoxy) is 1. The molecule has 0 aliphatic carbocycles. The Morgan fingerprint density at radius 2 is 1.64 bits per heavy atom. The van der Waals surface area contributed by atoms with Crippen molar-refractivity contribution in [3.05, 3.63) is 48.5 Å². The van der Waals surface area contributed by atoms with Crippen molar-refractivity contribution < 1.29 is 23.5 Å². The van der Waals surface area contributed by atoms with E-state index in [0.717, 1.165) is 11.5 Å². The summed E-state index contributed by atoms with van der Waals surface area (Å²) in [6, 6.07) is 16.7. The van der Waals surface area contributed by atoms with Gasteiger partial charge in [0, 0.05) is 0 Å². The summed E-state index contributed by atoms with van der Waals surface area (Å²) in [7, 11) is -3.13. The summed E-state index contributed by atoms with van der Waals surface area (Å²) in [4.78, 5) is 17.8. The Morgan fingerprint density at radius 1 is 1.14 bits per heavy atom. The van der Waals surface area contributed by atoms with Crippen molar-refractivity contribution in [3.63, 3.8) is 0 Å². The van der Waals surface area contributed by atoms with Crippen LogP contribution < -0.4 is 19.2 Å². The van der Waals surface area contributed by atoms with Crippen LogP contribution in [-0.2, 0) is 13.9 Å². The third kappa shape index (κ3) is 4.72. The summed E-state index contributed by atoms with van der Waals surface area (Å²) >= 11 is -0.190. The zero-order valence-corrected chi connectivity index (χ0v) is 14.6. The van der Waals surface area contributed by atoms with Crippen molar-refractivity contribution in [2.45, 2.75) is 0 Å². The van der Waals surface area contributed by atoms with E-state index in [1.165, 1.54) is 8.70 Å². The van der Waals surface area contributed by atoms with Crippen LogP contribution in [0.5, 0.6) is 11.5 Å². The number of nitrogens with two attached hydrogens (primary N) is 1. The summed E-state index contributed by atoms with van der Waals surface area (Å²) in [5.74, 6) is 1.23. The predicted octanol–water partition coefficient (Wildman–Crippen LogP) is 0.0499. The van der Waals surface area contributed by atoms with Gasteiger partial charge in [0.1, 0.15) is 0 Å². The minimum absolute atomic E-state index is 0.190. The van der Waals surface area contributed by atoms with Crippen LogP contribution in [-0.4, -0.2) is 33.2 Å². The SMILES string of the molecule is NCC(=O)O[PH](=O)O.c1ccc2c(c1)Oc1ccccc1[AsH]2. The molecule has 116 valence electrons. The van der Waals surface area contributed by atoms with E-state index in [-0.39, 0.29) is 22.3 Å². The Morgan fingerprint density at radius 3 is 2.05 bits per heavy atom. The van der Waals surface area contributed by atoms with Crippen LogP contribution in [0, 0.1) is 0 Å². The molecule has 3 N–H and O–H groups in total. The molecule has 2 aromatic carbocycles. The van der Waals surface area contributed by atoms with E-state index in [1.54, 1.807) is 0 Å². The first-order valence-corrected chi connectivity index (χ1v) is 9.73. The first-order chi connectivity index (χ1) is 10.6. The molecule has 8 heteroatoms. The van der Waals surface area contributed by atoms with Crippen molar-refractivity contribution in [1.82, 2.24) is 0 Å². The first-order valence-electron chi connectivity index (χ1n) is 6.36. The number of fused-ring (bicyclic) bond motifs is 2. The molecule has 22 heavy (non-hydrogen) atoms. The number of hydrogen-bond donors (Lipinski definition) is 2. The second kappa shape index (κ2) is 8.16. The molecule has 0 radical (unpaired) electrons. The number of para-hydroxylation sites is 2. The van der Waals surface area contributed by atoms with Gasteiger partial charge in [-0.3, -0.25) is 4.79 Å². The third-order valence-corrected chi connectivity index (χ3v) is 5.90. The number of carbonyl (C=O) groups is 1. The van der Waals surface area contributed by atoms with Crippen molar-refractivity contribution in [2.75, 3.05) is 6.54 Å². The van der Waals surface area contributed by atoms with Gasteiger partial charge >= 0.3 is 103 Å². The summed E-state index contributed by atoms with van der Waals surface area (Å²) in [6.07, 6.45) is 0. The fraction of sp³-hybridized carbons (Fsp3) is 0.0714. The Bertz CT molecular complexity index is 607. The Labute approximate surface area is 134 Å². The summed E-state index contributed by atoms with van der Waals surface area (Å²) < 4.78 is 22.0. The van der Waals surface area contributed by atoms with Crippen molar-refractivity contribution in [2.24, 2.45) is 5.73 Å². The number of rotatable bonds is 2. The quantitative estimate of drug-likeness (QED) is 0.480. The van der Waals surface area contributed by atoms with Crippen LogP contribution in [0.4, 0.5) is 0 Å². The van der Waals surface area contributed by atoms with Crippen LogP contribution in [0.15, 0.2) is 48.5 Å². The molecule has 0 saturated heterocycles. The molecule has 0 spiro atoms. The van der Waals surface area contributed by atoms with Crippen molar-refractivity contribution in [1.29, 1.82) is 0 Å². The van der Waals surface area contributed by atoms with Crippen LogP contribution in [0.25, 0.3) is 0 Å². The van der Waals surface area contributed by atoms with Crippen LogP contribution >= 0.6 is 8.25 Å². The number of benzene rings is 2. The molecule has 0 bridgehead atoms. The number of hydrogen-bond acceptors (Lipinski definition) is 5. The molecule has 1 heterocycles. The van der Waals surface area contributed by atoms with E-state index < -0.39 is 14.2 Å². The molecule has 0 aromatic heterocycles. The summed E-state index contributed by atoms with van der Waals surface area (Å²) in [5.41, 5.74) is 4.71. The molecule has 0 fully saturated rings. The Kier molecular flexibility index (Phi) is 6.22. The predicted molar refractivity (Wildman–Crippen MR) is 85.7 cm³/mol. The minimum atomic E-state index is -3.13. The molecule has 6 nitrogen and oxygen atoms in total. The normalized spacial score (nSPS) is 12.6. The molecule has 2 aromatic rings. The zero-order valence-electron chi connectivity index (χ0n) is 11.5. The van der Waals surface area contributed by atoms with Gasteiger partial charge in [0.05, 0.1) is 6.54 Å². The fourth-order valence-electron chi connectivity index (χ4n) is 1.72. The molecule has 1 unspecified atom stereocenters. The van der Waals surface area contributed by atoms with Gasteiger partial charge in [-0.2, -0.15) is 0 Å². The standard InChI is InChI=1S/C12H9AsO.C2H6NO4P/c1-3-7-11-9(5-1)13-10-6-2-4-8-12(10)14-11;3-1-2(4)7-8(5)6/h1-8,13H;8H,1,3H2,(H,5,6). The maximum absolute atomic E-state index is 9.94. The van der Waals surface area contributed by atoms with E-state index in [1.807, 2.05) is 12.1 Å². The van der Waals surface area contributed by atoms with Gasteiger partial charge in [0.2, 0.25) is 0 Å².